The Balaban J connectivity index is 1.58. The molecule has 2 aliphatic heterocycles. The highest BCUT2D eigenvalue weighted by molar-refractivity contribution is 9.10. The Morgan fingerprint density at radius 2 is 2.33 bits per heavy atom. The van der Waals surface area contributed by atoms with E-state index in [2.05, 4.69) is 33.4 Å². The zero-order valence-corrected chi connectivity index (χ0v) is 12.1. The second-order valence-corrected chi connectivity index (χ2v) is 5.92. The van der Waals surface area contributed by atoms with Gasteiger partial charge in [0.25, 0.3) is 0 Å². The third-order valence-corrected chi connectivity index (χ3v) is 4.51. The highest BCUT2D eigenvalue weighted by atomic mass is 79.9. The van der Waals surface area contributed by atoms with Gasteiger partial charge < -0.3 is 14.8 Å². The van der Waals surface area contributed by atoms with E-state index in [4.69, 9.17) is 9.47 Å². The molecule has 2 aliphatic rings. The average Bonchev–Trinajstić information content (AvgIpc) is 2.98. The first-order valence-electron chi connectivity index (χ1n) is 6.47. The molecule has 0 spiro atoms. The standard InChI is InChI=1S/C14H18BrNO2/c1-17-13-4-2-9(6-11(13)15)8-16-12-7-10-3-5-14(12)18-10/h2,4,6,10,12,14,16H,3,5,7-8H2,1H3. The first-order chi connectivity index (χ1) is 8.76. The highest BCUT2D eigenvalue weighted by Crippen LogP contribution is 2.34. The van der Waals surface area contributed by atoms with Gasteiger partial charge in [-0.2, -0.15) is 0 Å². The molecular formula is C14H18BrNO2. The topological polar surface area (TPSA) is 30.5 Å². The fraction of sp³-hybridized carbons (Fsp3) is 0.571. The second-order valence-electron chi connectivity index (χ2n) is 5.07. The summed E-state index contributed by atoms with van der Waals surface area (Å²) >= 11 is 3.52. The molecule has 1 N–H and O–H groups in total. The van der Waals surface area contributed by atoms with Crippen LogP contribution in [0.25, 0.3) is 0 Å². The number of methoxy groups -OCH3 is 1. The maximum Gasteiger partial charge on any atom is 0.133 e. The molecule has 0 aromatic heterocycles. The van der Waals surface area contributed by atoms with Gasteiger partial charge in [-0.05, 0) is 52.9 Å². The molecule has 3 nitrogen and oxygen atoms in total. The Morgan fingerprint density at radius 1 is 1.44 bits per heavy atom. The van der Waals surface area contributed by atoms with Crippen LogP contribution in [0, 0.1) is 0 Å². The predicted molar refractivity (Wildman–Crippen MR) is 73.8 cm³/mol. The molecule has 3 rings (SSSR count). The van der Waals surface area contributed by atoms with E-state index in [0.717, 1.165) is 16.8 Å². The van der Waals surface area contributed by atoms with Gasteiger partial charge in [0.1, 0.15) is 5.75 Å². The second kappa shape index (κ2) is 5.19. The molecule has 1 aromatic carbocycles. The predicted octanol–water partition coefficient (Wildman–Crippen LogP) is 2.87. The van der Waals surface area contributed by atoms with E-state index in [1.807, 2.05) is 6.07 Å². The number of benzene rings is 1. The molecular weight excluding hydrogens is 294 g/mol. The third kappa shape index (κ3) is 2.42. The van der Waals surface area contributed by atoms with Crippen molar-refractivity contribution in [2.45, 2.75) is 44.1 Å². The summed E-state index contributed by atoms with van der Waals surface area (Å²) in [7, 11) is 1.69. The van der Waals surface area contributed by atoms with Crippen LogP contribution in [0.3, 0.4) is 0 Å². The molecule has 2 saturated heterocycles. The van der Waals surface area contributed by atoms with Crippen molar-refractivity contribution in [1.82, 2.24) is 5.32 Å². The lowest BCUT2D eigenvalue weighted by Gasteiger charge is -2.20. The number of hydrogen-bond donors (Lipinski definition) is 1. The van der Waals surface area contributed by atoms with Crippen LogP contribution >= 0.6 is 15.9 Å². The fourth-order valence-corrected chi connectivity index (χ4v) is 3.51. The largest absolute Gasteiger partial charge is 0.496 e. The number of ether oxygens (including phenoxy) is 2. The summed E-state index contributed by atoms with van der Waals surface area (Å²) in [5, 5.41) is 3.61. The lowest BCUT2D eigenvalue weighted by molar-refractivity contribution is 0.0973. The highest BCUT2D eigenvalue weighted by Gasteiger charge is 2.40. The van der Waals surface area contributed by atoms with Crippen LogP contribution in [-0.4, -0.2) is 25.4 Å². The van der Waals surface area contributed by atoms with E-state index in [-0.39, 0.29) is 0 Å². The Morgan fingerprint density at radius 3 is 2.94 bits per heavy atom. The van der Waals surface area contributed by atoms with Crippen molar-refractivity contribution in [3.63, 3.8) is 0 Å². The molecule has 18 heavy (non-hydrogen) atoms. The number of halogens is 1. The van der Waals surface area contributed by atoms with Crippen LogP contribution in [-0.2, 0) is 11.3 Å². The van der Waals surface area contributed by atoms with E-state index in [1.54, 1.807) is 7.11 Å². The first-order valence-corrected chi connectivity index (χ1v) is 7.27. The summed E-state index contributed by atoms with van der Waals surface area (Å²) in [5.74, 6) is 0.877. The minimum atomic E-state index is 0.441. The molecule has 2 fully saturated rings. The molecule has 0 radical (unpaired) electrons. The SMILES string of the molecule is COc1ccc(CNC2CC3CCC2O3)cc1Br. The van der Waals surface area contributed by atoms with Crippen molar-refractivity contribution in [2.75, 3.05) is 7.11 Å². The molecule has 1 aromatic rings. The van der Waals surface area contributed by atoms with Crippen LogP contribution < -0.4 is 10.1 Å². The van der Waals surface area contributed by atoms with E-state index < -0.39 is 0 Å². The first kappa shape index (κ1) is 12.5. The normalized spacial score (nSPS) is 29.8. The lowest BCUT2D eigenvalue weighted by Crippen LogP contribution is -2.36. The van der Waals surface area contributed by atoms with E-state index in [0.29, 0.717) is 18.2 Å². The molecule has 3 unspecified atom stereocenters. The lowest BCUT2D eigenvalue weighted by atomic mass is 9.95. The molecule has 0 amide bonds. The van der Waals surface area contributed by atoms with Crippen LogP contribution in [0.1, 0.15) is 24.8 Å². The summed E-state index contributed by atoms with van der Waals surface area (Å²) in [6, 6.07) is 6.74. The summed E-state index contributed by atoms with van der Waals surface area (Å²) in [5.41, 5.74) is 1.27. The summed E-state index contributed by atoms with van der Waals surface area (Å²) < 4.78 is 12.1. The number of fused-ring (bicyclic) bond motifs is 2. The van der Waals surface area contributed by atoms with Crippen LogP contribution in [0.15, 0.2) is 22.7 Å². The van der Waals surface area contributed by atoms with Gasteiger partial charge in [-0.15, -0.1) is 0 Å². The number of hydrogen-bond acceptors (Lipinski definition) is 3. The summed E-state index contributed by atoms with van der Waals surface area (Å²) in [4.78, 5) is 0. The smallest absolute Gasteiger partial charge is 0.133 e. The molecule has 0 saturated carbocycles. The molecule has 0 aliphatic carbocycles. The van der Waals surface area contributed by atoms with Crippen LogP contribution in [0.2, 0.25) is 0 Å². The monoisotopic (exact) mass is 311 g/mol. The van der Waals surface area contributed by atoms with Crippen molar-refractivity contribution in [3.8, 4) is 5.75 Å². The van der Waals surface area contributed by atoms with Gasteiger partial charge in [0, 0.05) is 12.6 Å². The van der Waals surface area contributed by atoms with Gasteiger partial charge in [-0.3, -0.25) is 0 Å². The van der Waals surface area contributed by atoms with Crippen LogP contribution in [0.5, 0.6) is 5.75 Å². The Kier molecular flexibility index (Phi) is 3.59. The molecule has 2 bridgehead atoms. The maximum atomic E-state index is 5.84. The van der Waals surface area contributed by atoms with Crippen molar-refractivity contribution >= 4 is 15.9 Å². The Bertz CT molecular complexity index is 438. The van der Waals surface area contributed by atoms with Crippen molar-refractivity contribution in [1.29, 1.82) is 0 Å². The molecule has 3 atom stereocenters. The van der Waals surface area contributed by atoms with Gasteiger partial charge in [0.2, 0.25) is 0 Å². The van der Waals surface area contributed by atoms with Crippen LogP contribution in [0.4, 0.5) is 0 Å². The van der Waals surface area contributed by atoms with Gasteiger partial charge in [-0.1, -0.05) is 6.07 Å². The summed E-state index contributed by atoms with van der Waals surface area (Å²) in [6.45, 7) is 0.889. The van der Waals surface area contributed by atoms with Crippen molar-refractivity contribution < 1.29 is 9.47 Å². The number of nitrogens with one attached hydrogen (secondary N) is 1. The zero-order valence-electron chi connectivity index (χ0n) is 10.5. The fourth-order valence-electron chi connectivity index (χ4n) is 2.92. The van der Waals surface area contributed by atoms with Gasteiger partial charge in [0.05, 0.1) is 23.8 Å². The minimum Gasteiger partial charge on any atom is -0.496 e. The van der Waals surface area contributed by atoms with Gasteiger partial charge in [0.15, 0.2) is 0 Å². The minimum absolute atomic E-state index is 0.441. The third-order valence-electron chi connectivity index (χ3n) is 3.89. The average molecular weight is 312 g/mol. The number of rotatable bonds is 4. The Hall–Kier alpha value is -0.580. The maximum absolute atomic E-state index is 5.84. The van der Waals surface area contributed by atoms with Crippen molar-refractivity contribution in [2.24, 2.45) is 0 Å². The zero-order chi connectivity index (χ0) is 12.5. The van der Waals surface area contributed by atoms with Gasteiger partial charge in [-0.25, -0.2) is 0 Å². The quantitative estimate of drug-likeness (QED) is 0.927. The van der Waals surface area contributed by atoms with E-state index in [9.17, 15) is 0 Å². The molecule has 2 heterocycles. The Labute approximate surface area is 116 Å². The summed E-state index contributed by atoms with van der Waals surface area (Å²) in [6.07, 6.45) is 4.58. The van der Waals surface area contributed by atoms with Gasteiger partial charge >= 0.3 is 0 Å². The molecule has 4 heteroatoms. The van der Waals surface area contributed by atoms with E-state index >= 15 is 0 Å². The van der Waals surface area contributed by atoms with Crippen molar-refractivity contribution in [3.05, 3.63) is 28.2 Å². The molecule has 98 valence electrons. The van der Waals surface area contributed by atoms with E-state index in [1.165, 1.54) is 24.8 Å².